The van der Waals surface area contributed by atoms with Crippen molar-refractivity contribution in [1.82, 2.24) is 14.9 Å². The van der Waals surface area contributed by atoms with Crippen molar-refractivity contribution in [2.75, 3.05) is 13.2 Å². The zero-order chi connectivity index (χ0) is 13.6. The molecule has 18 heavy (non-hydrogen) atoms. The number of aliphatic hydroxyl groups is 1. The summed E-state index contributed by atoms with van der Waals surface area (Å²) in [6.07, 6.45) is 2.58. The van der Waals surface area contributed by atoms with Gasteiger partial charge in [0.15, 0.2) is 0 Å². The minimum absolute atomic E-state index is 0.0982. The van der Waals surface area contributed by atoms with Gasteiger partial charge in [0.2, 0.25) is 0 Å². The van der Waals surface area contributed by atoms with Crippen molar-refractivity contribution in [3.05, 3.63) is 10.6 Å². The van der Waals surface area contributed by atoms with Crippen LogP contribution in [0.3, 0.4) is 0 Å². The van der Waals surface area contributed by atoms with Crippen molar-refractivity contribution in [2.45, 2.75) is 45.4 Å². The van der Waals surface area contributed by atoms with Gasteiger partial charge in [0.1, 0.15) is 4.88 Å². The average molecular weight is 271 g/mol. The average Bonchev–Trinajstić information content (AvgIpc) is 2.77. The lowest BCUT2D eigenvalue weighted by Gasteiger charge is -2.16. The van der Waals surface area contributed by atoms with Crippen molar-refractivity contribution >= 4 is 17.4 Å². The molecule has 1 amide bonds. The molecule has 0 aliphatic heterocycles. The summed E-state index contributed by atoms with van der Waals surface area (Å²) in [7, 11) is 0. The maximum Gasteiger partial charge on any atom is 0.264 e. The van der Waals surface area contributed by atoms with Crippen LogP contribution in [0, 0.1) is 0 Å². The Labute approximate surface area is 112 Å². The van der Waals surface area contributed by atoms with Gasteiger partial charge in [-0.1, -0.05) is 25.3 Å². The molecule has 0 bridgehead atoms. The molecule has 0 spiro atoms. The molecule has 0 unspecified atom stereocenters. The predicted molar refractivity (Wildman–Crippen MR) is 71.9 cm³/mol. The Kier molecular flexibility index (Phi) is 5.68. The molecule has 102 valence electrons. The van der Waals surface area contributed by atoms with E-state index in [9.17, 15) is 4.79 Å². The molecule has 0 saturated carbocycles. The molecule has 6 heteroatoms. The highest BCUT2D eigenvalue weighted by molar-refractivity contribution is 7.08. The van der Waals surface area contributed by atoms with E-state index in [0.29, 0.717) is 11.4 Å². The van der Waals surface area contributed by atoms with Gasteiger partial charge in [-0.05, 0) is 30.8 Å². The lowest BCUT2D eigenvalue weighted by molar-refractivity contribution is 0.0954. The molecule has 0 radical (unpaired) electrons. The molecule has 1 rings (SSSR count). The van der Waals surface area contributed by atoms with Crippen LogP contribution in [-0.2, 0) is 5.41 Å². The number of hydrogen-bond acceptors (Lipinski definition) is 5. The van der Waals surface area contributed by atoms with E-state index in [1.807, 2.05) is 20.8 Å². The van der Waals surface area contributed by atoms with Gasteiger partial charge in [-0.15, -0.1) is 5.10 Å². The summed E-state index contributed by atoms with van der Waals surface area (Å²) in [4.78, 5) is 12.6. The Bertz CT molecular complexity index is 385. The molecule has 1 aromatic rings. The third-order valence-corrected chi connectivity index (χ3v) is 3.25. The Hall–Kier alpha value is -1.01. The molecule has 2 N–H and O–H groups in total. The summed E-state index contributed by atoms with van der Waals surface area (Å²) in [5, 5.41) is 15.6. The second kappa shape index (κ2) is 6.80. The van der Waals surface area contributed by atoms with Gasteiger partial charge in [0.05, 0.1) is 5.69 Å². The number of rotatable bonds is 6. The van der Waals surface area contributed by atoms with Gasteiger partial charge < -0.3 is 10.4 Å². The first-order valence-corrected chi connectivity index (χ1v) is 6.96. The fourth-order valence-corrected chi connectivity index (χ4v) is 2.32. The smallest absolute Gasteiger partial charge is 0.264 e. The molecule has 0 atom stereocenters. The molecule has 0 fully saturated rings. The van der Waals surface area contributed by atoms with Crippen LogP contribution >= 0.6 is 11.5 Å². The van der Waals surface area contributed by atoms with Crippen LogP contribution in [0.15, 0.2) is 0 Å². The second-order valence-corrected chi connectivity index (χ2v) is 5.99. The first-order chi connectivity index (χ1) is 8.46. The highest BCUT2D eigenvalue weighted by Gasteiger charge is 2.25. The molecular formula is C12H21N3O2S. The Morgan fingerprint density at radius 1 is 1.33 bits per heavy atom. The summed E-state index contributed by atoms with van der Waals surface area (Å²) in [5.74, 6) is -0.0982. The Morgan fingerprint density at radius 2 is 2.06 bits per heavy atom. The molecule has 5 nitrogen and oxygen atoms in total. The number of amides is 1. The van der Waals surface area contributed by atoms with Gasteiger partial charge >= 0.3 is 0 Å². The Balaban J connectivity index is 2.50. The van der Waals surface area contributed by atoms with Crippen molar-refractivity contribution in [1.29, 1.82) is 0 Å². The van der Waals surface area contributed by atoms with E-state index in [2.05, 4.69) is 14.9 Å². The molecule has 1 heterocycles. The summed E-state index contributed by atoms with van der Waals surface area (Å²) >= 11 is 1.14. The van der Waals surface area contributed by atoms with Crippen molar-refractivity contribution < 1.29 is 9.90 Å². The summed E-state index contributed by atoms with van der Waals surface area (Å²) in [6, 6.07) is 0. The third-order valence-electron chi connectivity index (χ3n) is 2.53. The van der Waals surface area contributed by atoms with Crippen LogP contribution in [0.25, 0.3) is 0 Å². The van der Waals surface area contributed by atoms with E-state index in [1.54, 1.807) is 0 Å². The Morgan fingerprint density at radius 3 is 2.67 bits per heavy atom. The van der Waals surface area contributed by atoms with Crippen molar-refractivity contribution in [2.24, 2.45) is 0 Å². The maximum atomic E-state index is 12.0. The number of nitrogens with zero attached hydrogens (tertiary/aromatic N) is 2. The van der Waals surface area contributed by atoms with Crippen LogP contribution < -0.4 is 5.32 Å². The molecule has 0 saturated heterocycles. The van der Waals surface area contributed by atoms with Gasteiger partial charge in [0.25, 0.3) is 5.91 Å². The molecular weight excluding hydrogens is 250 g/mol. The van der Waals surface area contributed by atoms with Crippen molar-refractivity contribution in [3.8, 4) is 0 Å². The number of aliphatic hydroxyl groups excluding tert-OH is 1. The quantitative estimate of drug-likeness (QED) is 0.773. The van der Waals surface area contributed by atoms with E-state index in [0.717, 1.165) is 36.5 Å². The number of hydrogen-bond donors (Lipinski definition) is 2. The third kappa shape index (κ3) is 4.34. The SMILES string of the molecule is CC(C)(C)c1nnsc1C(=O)NCCCCCO. The number of nitrogens with one attached hydrogen (secondary N) is 1. The highest BCUT2D eigenvalue weighted by Crippen LogP contribution is 2.25. The van der Waals surface area contributed by atoms with Crippen LogP contribution in [0.1, 0.15) is 55.4 Å². The van der Waals surface area contributed by atoms with Gasteiger partial charge in [-0.2, -0.15) is 0 Å². The van der Waals surface area contributed by atoms with E-state index >= 15 is 0 Å². The van der Waals surface area contributed by atoms with Crippen LogP contribution in [0.4, 0.5) is 0 Å². The fourth-order valence-electron chi connectivity index (χ4n) is 1.53. The van der Waals surface area contributed by atoms with Gasteiger partial charge in [-0.3, -0.25) is 4.79 Å². The normalized spacial score (nSPS) is 11.6. The number of carbonyl (C=O) groups is 1. The predicted octanol–water partition coefficient (Wildman–Crippen LogP) is 1.73. The summed E-state index contributed by atoms with van der Waals surface area (Å²) in [5.41, 5.74) is 0.580. The van der Waals surface area contributed by atoms with Gasteiger partial charge in [-0.25, -0.2) is 0 Å². The van der Waals surface area contributed by atoms with E-state index in [4.69, 9.17) is 5.11 Å². The topological polar surface area (TPSA) is 75.1 Å². The standard InChI is InChI=1S/C12H21N3O2S/c1-12(2,3)10-9(18-15-14-10)11(17)13-7-5-4-6-8-16/h16H,4-8H2,1-3H3,(H,13,17). The molecule has 1 aromatic heterocycles. The first kappa shape index (κ1) is 15.0. The summed E-state index contributed by atoms with van der Waals surface area (Å²) < 4.78 is 3.87. The molecule has 0 aromatic carbocycles. The second-order valence-electron chi connectivity index (χ2n) is 5.24. The number of unbranched alkanes of at least 4 members (excludes halogenated alkanes) is 2. The molecule has 0 aliphatic carbocycles. The van der Waals surface area contributed by atoms with Gasteiger partial charge in [0, 0.05) is 18.6 Å². The van der Waals surface area contributed by atoms with Crippen LogP contribution in [0.5, 0.6) is 0 Å². The van der Waals surface area contributed by atoms with E-state index < -0.39 is 0 Å². The minimum atomic E-state index is -0.170. The highest BCUT2D eigenvalue weighted by atomic mass is 32.1. The number of carbonyl (C=O) groups excluding carboxylic acids is 1. The lowest BCUT2D eigenvalue weighted by atomic mass is 9.91. The van der Waals surface area contributed by atoms with E-state index in [1.165, 1.54) is 0 Å². The largest absolute Gasteiger partial charge is 0.396 e. The van der Waals surface area contributed by atoms with E-state index in [-0.39, 0.29) is 17.9 Å². The fraction of sp³-hybridized carbons (Fsp3) is 0.750. The zero-order valence-corrected chi connectivity index (χ0v) is 12.0. The van der Waals surface area contributed by atoms with Crippen molar-refractivity contribution in [3.63, 3.8) is 0 Å². The first-order valence-electron chi connectivity index (χ1n) is 6.18. The maximum absolute atomic E-state index is 12.0. The minimum Gasteiger partial charge on any atom is -0.396 e. The number of aromatic nitrogens is 2. The monoisotopic (exact) mass is 271 g/mol. The lowest BCUT2D eigenvalue weighted by Crippen LogP contribution is -2.27. The zero-order valence-electron chi connectivity index (χ0n) is 11.2. The van der Waals surface area contributed by atoms with Crippen LogP contribution in [0.2, 0.25) is 0 Å². The van der Waals surface area contributed by atoms with Crippen LogP contribution in [-0.4, -0.2) is 33.8 Å². The molecule has 0 aliphatic rings. The summed E-state index contributed by atoms with van der Waals surface area (Å²) in [6.45, 7) is 6.88.